The van der Waals surface area contributed by atoms with Gasteiger partial charge in [0.25, 0.3) is 5.91 Å². The van der Waals surface area contributed by atoms with Crippen molar-refractivity contribution in [1.29, 1.82) is 0 Å². The molecule has 1 amide bonds. The first-order valence-electron chi connectivity index (χ1n) is 6.36. The Labute approximate surface area is 132 Å². The lowest BCUT2D eigenvalue weighted by Gasteiger charge is -2.07. The van der Waals surface area contributed by atoms with Crippen LogP contribution < -0.4 is 5.32 Å². The summed E-state index contributed by atoms with van der Waals surface area (Å²) in [6.07, 6.45) is 4.31. The minimum atomic E-state index is -3.61. The third kappa shape index (κ3) is 3.77. The summed E-state index contributed by atoms with van der Waals surface area (Å²) in [6.45, 7) is 1.72. The van der Waals surface area contributed by atoms with E-state index in [4.69, 9.17) is 11.6 Å². The number of carbonyl (C=O) groups excluding carboxylic acids is 1. The number of nitrogens with one attached hydrogen (secondary N) is 1. The molecule has 2 aromatic rings. The summed E-state index contributed by atoms with van der Waals surface area (Å²) >= 11 is 5.88. The Hall–Kier alpha value is -2.06. The highest BCUT2D eigenvalue weighted by atomic mass is 35.5. The summed E-state index contributed by atoms with van der Waals surface area (Å²) in [5.41, 5.74) is 0.674. The van der Waals surface area contributed by atoms with Crippen molar-refractivity contribution in [3.8, 4) is 0 Å². The SMILES string of the molecule is CCS(=O)(=O)c1ncc(Cl)c(C(=O)NCc2ccncc2)n1. The van der Waals surface area contributed by atoms with Crippen LogP contribution in [0.3, 0.4) is 0 Å². The van der Waals surface area contributed by atoms with E-state index in [2.05, 4.69) is 20.3 Å². The van der Waals surface area contributed by atoms with Gasteiger partial charge in [-0.25, -0.2) is 18.4 Å². The van der Waals surface area contributed by atoms with Crippen molar-refractivity contribution in [2.24, 2.45) is 0 Å². The molecule has 2 aromatic heterocycles. The van der Waals surface area contributed by atoms with Crippen LogP contribution in [0.25, 0.3) is 0 Å². The number of nitrogens with zero attached hydrogens (tertiary/aromatic N) is 3. The molecule has 7 nitrogen and oxygen atoms in total. The summed E-state index contributed by atoms with van der Waals surface area (Å²) in [5.74, 6) is -0.732. The number of hydrogen-bond acceptors (Lipinski definition) is 6. The first kappa shape index (κ1) is 16.3. The van der Waals surface area contributed by atoms with Gasteiger partial charge in [0.15, 0.2) is 5.69 Å². The predicted molar refractivity (Wildman–Crippen MR) is 80.2 cm³/mol. The lowest BCUT2D eigenvalue weighted by molar-refractivity contribution is 0.0945. The lowest BCUT2D eigenvalue weighted by atomic mass is 10.2. The number of hydrogen-bond donors (Lipinski definition) is 1. The Morgan fingerprint density at radius 3 is 2.64 bits per heavy atom. The summed E-state index contributed by atoms with van der Waals surface area (Å²) in [7, 11) is -3.61. The Kier molecular flexibility index (Phi) is 5.04. The van der Waals surface area contributed by atoms with E-state index in [1.54, 1.807) is 24.5 Å². The van der Waals surface area contributed by atoms with E-state index in [1.807, 2.05) is 0 Å². The van der Waals surface area contributed by atoms with Gasteiger partial charge >= 0.3 is 0 Å². The summed E-state index contributed by atoms with van der Waals surface area (Å²) in [6, 6.07) is 3.49. The maximum absolute atomic E-state index is 12.1. The van der Waals surface area contributed by atoms with Crippen molar-refractivity contribution in [2.45, 2.75) is 18.6 Å². The van der Waals surface area contributed by atoms with Crippen molar-refractivity contribution in [3.63, 3.8) is 0 Å². The number of amides is 1. The Morgan fingerprint density at radius 1 is 1.32 bits per heavy atom. The van der Waals surface area contributed by atoms with Crippen LogP contribution in [-0.4, -0.2) is 35.0 Å². The van der Waals surface area contributed by atoms with E-state index < -0.39 is 20.9 Å². The van der Waals surface area contributed by atoms with Crippen LogP contribution in [0.5, 0.6) is 0 Å². The number of rotatable bonds is 5. The van der Waals surface area contributed by atoms with Gasteiger partial charge in [-0.2, -0.15) is 0 Å². The fourth-order valence-electron chi connectivity index (χ4n) is 1.56. The average Bonchev–Trinajstić information content (AvgIpc) is 2.53. The van der Waals surface area contributed by atoms with Gasteiger partial charge < -0.3 is 5.32 Å². The fraction of sp³-hybridized carbons (Fsp3) is 0.231. The molecule has 0 unspecified atom stereocenters. The molecule has 0 aliphatic rings. The topological polar surface area (TPSA) is 102 Å². The molecule has 9 heteroatoms. The van der Waals surface area contributed by atoms with Crippen molar-refractivity contribution in [3.05, 3.63) is 47.0 Å². The Morgan fingerprint density at radius 2 is 2.00 bits per heavy atom. The van der Waals surface area contributed by atoms with Crippen LogP contribution in [-0.2, 0) is 16.4 Å². The molecule has 2 rings (SSSR count). The highest BCUT2D eigenvalue weighted by Crippen LogP contribution is 2.15. The van der Waals surface area contributed by atoms with Gasteiger partial charge in [-0.3, -0.25) is 9.78 Å². The maximum atomic E-state index is 12.1. The summed E-state index contributed by atoms with van der Waals surface area (Å²) < 4.78 is 23.5. The van der Waals surface area contributed by atoms with Crippen LogP contribution in [0, 0.1) is 0 Å². The van der Waals surface area contributed by atoms with Crippen LogP contribution in [0.1, 0.15) is 23.0 Å². The molecular weight excluding hydrogens is 328 g/mol. The first-order chi connectivity index (χ1) is 10.4. The maximum Gasteiger partial charge on any atom is 0.271 e. The molecule has 0 atom stereocenters. The van der Waals surface area contributed by atoms with Crippen LogP contribution in [0.15, 0.2) is 35.9 Å². The molecule has 0 bridgehead atoms. The molecule has 116 valence electrons. The Bertz CT molecular complexity index is 781. The summed E-state index contributed by atoms with van der Waals surface area (Å²) in [4.78, 5) is 23.4. The molecule has 0 spiro atoms. The molecule has 0 aromatic carbocycles. The van der Waals surface area contributed by atoms with Crippen molar-refractivity contribution in [1.82, 2.24) is 20.3 Å². The van der Waals surface area contributed by atoms with Gasteiger partial charge in [0.2, 0.25) is 15.0 Å². The molecule has 0 saturated heterocycles. The molecule has 0 saturated carbocycles. The normalized spacial score (nSPS) is 11.2. The van der Waals surface area contributed by atoms with Crippen molar-refractivity contribution < 1.29 is 13.2 Å². The van der Waals surface area contributed by atoms with Crippen LogP contribution in [0.2, 0.25) is 5.02 Å². The van der Waals surface area contributed by atoms with Gasteiger partial charge in [-0.05, 0) is 17.7 Å². The minimum absolute atomic E-state index is 0.0118. The lowest BCUT2D eigenvalue weighted by Crippen LogP contribution is -2.25. The van der Waals surface area contributed by atoms with Crippen molar-refractivity contribution >= 4 is 27.3 Å². The standard InChI is InChI=1S/C13H13ClN4O3S/c1-2-22(20,21)13-17-8-10(14)11(18-13)12(19)16-7-9-3-5-15-6-4-9/h3-6,8H,2,7H2,1H3,(H,16,19). The van der Waals surface area contributed by atoms with E-state index in [-0.39, 0.29) is 23.0 Å². The minimum Gasteiger partial charge on any atom is -0.347 e. The predicted octanol–water partition coefficient (Wildman–Crippen LogP) is 1.25. The fourth-order valence-corrected chi connectivity index (χ4v) is 2.43. The van der Waals surface area contributed by atoms with Gasteiger partial charge in [0.05, 0.1) is 17.0 Å². The van der Waals surface area contributed by atoms with Crippen LogP contribution in [0.4, 0.5) is 0 Å². The van der Waals surface area contributed by atoms with E-state index in [0.29, 0.717) is 0 Å². The highest BCUT2D eigenvalue weighted by Gasteiger charge is 2.20. The number of carbonyl (C=O) groups is 1. The van der Waals surface area contributed by atoms with Crippen LogP contribution >= 0.6 is 11.6 Å². The second-order valence-electron chi connectivity index (χ2n) is 4.29. The zero-order chi connectivity index (χ0) is 16.2. The second-order valence-corrected chi connectivity index (χ2v) is 6.87. The zero-order valence-electron chi connectivity index (χ0n) is 11.7. The molecule has 22 heavy (non-hydrogen) atoms. The van der Waals surface area contributed by atoms with E-state index >= 15 is 0 Å². The number of aromatic nitrogens is 3. The molecule has 1 N–H and O–H groups in total. The van der Waals surface area contributed by atoms with Gasteiger partial charge in [-0.15, -0.1) is 0 Å². The average molecular weight is 341 g/mol. The molecule has 2 heterocycles. The van der Waals surface area contributed by atoms with E-state index in [1.165, 1.54) is 6.92 Å². The number of pyridine rings is 1. The third-order valence-corrected chi connectivity index (χ3v) is 4.59. The molecule has 0 aliphatic carbocycles. The third-order valence-electron chi connectivity index (χ3n) is 2.80. The zero-order valence-corrected chi connectivity index (χ0v) is 13.2. The Balaban J connectivity index is 2.20. The number of sulfone groups is 1. The van der Waals surface area contributed by atoms with Gasteiger partial charge in [-0.1, -0.05) is 18.5 Å². The molecule has 0 aliphatic heterocycles. The number of halogens is 1. The first-order valence-corrected chi connectivity index (χ1v) is 8.39. The van der Waals surface area contributed by atoms with Crippen molar-refractivity contribution in [2.75, 3.05) is 5.75 Å². The van der Waals surface area contributed by atoms with Gasteiger partial charge in [0, 0.05) is 18.9 Å². The molecule has 0 radical (unpaired) electrons. The van der Waals surface area contributed by atoms with E-state index in [0.717, 1.165) is 11.8 Å². The largest absolute Gasteiger partial charge is 0.347 e. The summed E-state index contributed by atoms with van der Waals surface area (Å²) in [5, 5.41) is 2.20. The van der Waals surface area contributed by atoms with E-state index in [9.17, 15) is 13.2 Å². The monoisotopic (exact) mass is 340 g/mol. The molecule has 0 fully saturated rings. The second kappa shape index (κ2) is 6.80. The highest BCUT2D eigenvalue weighted by molar-refractivity contribution is 7.91. The quantitative estimate of drug-likeness (QED) is 0.822. The van der Waals surface area contributed by atoms with Gasteiger partial charge in [0.1, 0.15) is 0 Å². The molecular formula is C13H13ClN4O3S. The smallest absolute Gasteiger partial charge is 0.271 e.